The van der Waals surface area contributed by atoms with Gasteiger partial charge < -0.3 is 20.1 Å². The minimum Gasteiger partial charge on any atom is -0.393 e. The largest absolute Gasteiger partial charge is 0.393 e. The molecule has 0 unspecified atom stereocenters. The smallest absolute Gasteiger partial charge is 0.138 e. The molecule has 0 amide bonds. The van der Waals surface area contributed by atoms with Crippen LogP contribution >= 0.6 is 0 Å². The molecule has 0 aromatic heterocycles. The highest BCUT2D eigenvalue weighted by atomic mass is 16.5. The maximum atomic E-state index is 11.4. The lowest BCUT2D eigenvalue weighted by Crippen LogP contribution is -2.64. The molecule has 4 heteroatoms. The van der Waals surface area contributed by atoms with Crippen LogP contribution in [0.3, 0.4) is 0 Å². The molecule has 0 bridgehead atoms. The third kappa shape index (κ3) is 7.97. The van der Waals surface area contributed by atoms with E-state index in [9.17, 15) is 15.3 Å². The van der Waals surface area contributed by atoms with Crippen molar-refractivity contribution in [1.29, 1.82) is 0 Å². The number of hydrogen-bond acceptors (Lipinski definition) is 4. The lowest BCUT2D eigenvalue weighted by Gasteiger charge is -2.60. The molecular formula is C32H50O4. The first kappa shape index (κ1) is 30.7. The Balaban J connectivity index is 2.03. The average molecular weight is 499 g/mol. The summed E-state index contributed by atoms with van der Waals surface area (Å²) in [5.74, 6) is 11.7. The normalized spacial score (nSPS) is 33.7. The van der Waals surface area contributed by atoms with Crippen molar-refractivity contribution in [2.75, 3.05) is 0 Å². The minimum absolute atomic E-state index is 0.182. The van der Waals surface area contributed by atoms with Crippen LogP contribution < -0.4 is 0 Å². The summed E-state index contributed by atoms with van der Waals surface area (Å²) in [7, 11) is 0. The van der Waals surface area contributed by atoms with Gasteiger partial charge in [0.1, 0.15) is 12.2 Å². The first-order valence-electron chi connectivity index (χ1n) is 14.1. The van der Waals surface area contributed by atoms with Gasteiger partial charge in [0.2, 0.25) is 0 Å². The van der Waals surface area contributed by atoms with E-state index < -0.39 is 35.4 Å². The predicted molar refractivity (Wildman–Crippen MR) is 148 cm³/mol. The number of unbranched alkanes of at least 4 members (excludes halogenated alkanes) is 5. The minimum atomic E-state index is -0.832. The van der Waals surface area contributed by atoms with Gasteiger partial charge in [-0.05, 0) is 75.2 Å². The zero-order chi connectivity index (χ0) is 26.8. The van der Waals surface area contributed by atoms with E-state index in [0.29, 0.717) is 18.8 Å². The van der Waals surface area contributed by atoms with E-state index in [1.807, 2.05) is 13.0 Å². The van der Waals surface area contributed by atoms with E-state index in [2.05, 4.69) is 58.0 Å². The monoisotopic (exact) mass is 498 g/mol. The van der Waals surface area contributed by atoms with Crippen LogP contribution in [0.1, 0.15) is 98.8 Å². The zero-order valence-corrected chi connectivity index (χ0v) is 23.3. The second-order valence-electron chi connectivity index (χ2n) is 11.7. The third-order valence-corrected chi connectivity index (χ3v) is 8.60. The summed E-state index contributed by atoms with van der Waals surface area (Å²) in [5, 5.41) is 32.4. The van der Waals surface area contributed by atoms with Crippen molar-refractivity contribution in [3.05, 3.63) is 24.8 Å². The highest BCUT2D eigenvalue weighted by molar-refractivity contribution is 5.31. The van der Waals surface area contributed by atoms with Crippen LogP contribution in [0.2, 0.25) is 0 Å². The lowest BCUT2D eigenvalue weighted by atomic mass is 9.50. The third-order valence-electron chi connectivity index (χ3n) is 8.60. The molecular weight excluding hydrogens is 448 g/mol. The van der Waals surface area contributed by atoms with Gasteiger partial charge in [-0.2, -0.15) is 0 Å². The predicted octanol–water partition coefficient (Wildman–Crippen LogP) is 5.80. The molecule has 2 aliphatic rings. The molecule has 8 atom stereocenters. The molecule has 36 heavy (non-hydrogen) atoms. The Kier molecular flexibility index (Phi) is 12.3. The maximum absolute atomic E-state index is 11.4. The van der Waals surface area contributed by atoms with E-state index in [1.54, 1.807) is 12.2 Å². The molecule has 0 saturated heterocycles. The fourth-order valence-corrected chi connectivity index (χ4v) is 6.43. The van der Waals surface area contributed by atoms with Crippen molar-refractivity contribution < 1.29 is 20.1 Å². The Morgan fingerprint density at radius 3 is 2.39 bits per heavy atom. The summed E-state index contributed by atoms with van der Waals surface area (Å²) >= 11 is 0. The quantitative estimate of drug-likeness (QED) is 0.191. The molecule has 202 valence electrons. The highest BCUT2D eigenvalue weighted by Gasteiger charge is 2.60. The standard InChI is InChI=1S/C32H50O4/c1-7-9-10-11-12-13-14-17-25(33)18-15-16-19-26(8-2)36-32(6)23-21-28(34)31(5)22-20-27(24(3)4)29(35)30(31)32/h8,14,17,24-30,33-35H,2,7,9-13,20-23H2,1,3-6H3/b17-14-/t25-,26+,27+,28+,29-,30+,31-,32+/m0/s1. The topological polar surface area (TPSA) is 69.9 Å². The highest BCUT2D eigenvalue weighted by Crippen LogP contribution is 2.57. The van der Waals surface area contributed by atoms with Crippen LogP contribution in [0.15, 0.2) is 24.8 Å². The number of hydrogen-bond donors (Lipinski definition) is 3. The second-order valence-corrected chi connectivity index (χ2v) is 11.7. The Hall–Kier alpha value is -1.56. The van der Waals surface area contributed by atoms with Gasteiger partial charge in [-0.15, -0.1) is 0 Å². The summed E-state index contributed by atoms with van der Waals surface area (Å²) in [4.78, 5) is 0. The summed E-state index contributed by atoms with van der Waals surface area (Å²) in [5.41, 5.74) is -1.04. The molecule has 0 aliphatic heterocycles. The van der Waals surface area contributed by atoms with Crippen molar-refractivity contribution in [3.8, 4) is 23.7 Å². The van der Waals surface area contributed by atoms with E-state index in [1.165, 1.54) is 25.7 Å². The van der Waals surface area contributed by atoms with Gasteiger partial charge in [0.05, 0.1) is 17.8 Å². The van der Waals surface area contributed by atoms with Crippen molar-refractivity contribution in [1.82, 2.24) is 0 Å². The van der Waals surface area contributed by atoms with Crippen LogP contribution in [0, 0.1) is 46.9 Å². The fourth-order valence-electron chi connectivity index (χ4n) is 6.43. The van der Waals surface area contributed by atoms with E-state index >= 15 is 0 Å². The molecule has 2 rings (SSSR count). The van der Waals surface area contributed by atoms with Crippen LogP contribution in [0.25, 0.3) is 0 Å². The second kappa shape index (κ2) is 14.4. The molecule has 0 heterocycles. The molecule has 2 saturated carbocycles. The zero-order valence-electron chi connectivity index (χ0n) is 23.3. The van der Waals surface area contributed by atoms with E-state index in [-0.39, 0.29) is 11.8 Å². The fraction of sp³-hybridized carbons (Fsp3) is 0.750. The summed E-state index contributed by atoms with van der Waals surface area (Å²) in [6, 6.07) is 0. The van der Waals surface area contributed by atoms with Crippen molar-refractivity contribution in [2.24, 2.45) is 23.2 Å². The van der Waals surface area contributed by atoms with Crippen molar-refractivity contribution >= 4 is 0 Å². The van der Waals surface area contributed by atoms with Crippen molar-refractivity contribution in [2.45, 2.75) is 129 Å². The molecule has 3 N–H and O–H groups in total. The van der Waals surface area contributed by atoms with Crippen LogP contribution in [-0.4, -0.2) is 45.3 Å². The number of fused-ring (bicyclic) bond motifs is 1. The lowest BCUT2D eigenvalue weighted by molar-refractivity contribution is -0.239. The van der Waals surface area contributed by atoms with Gasteiger partial charge in [0.25, 0.3) is 0 Å². The van der Waals surface area contributed by atoms with Gasteiger partial charge in [-0.1, -0.05) is 84.0 Å². The maximum Gasteiger partial charge on any atom is 0.138 e. The molecule has 0 aromatic rings. The summed E-state index contributed by atoms with van der Waals surface area (Å²) in [6.45, 7) is 14.6. The molecule has 0 spiro atoms. The Morgan fingerprint density at radius 2 is 1.72 bits per heavy atom. The number of aliphatic hydroxyl groups excluding tert-OH is 3. The molecule has 0 aromatic carbocycles. The van der Waals surface area contributed by atoms with Crippen molar-refractivity contribution in [3.63, 3.8) is 0 Å². The van der Waals surface area contributed by atoms with Gasteiger partial charge in [0.15, 0.2) is 0 Å². The van der Waals surface area contributed by atoms with E-state index in [4.69, 9.17) is 4.74 Å². The Bertz CT molecular complexity index is 840. The summed E-state index contributed by atoms with van der Waals surface area (Å²) in [6.07, 6.45) is 13.2. The molecule has 2 aliphatic carbocycles. The summed E-state index contributed by atoms with van der Waals surface area (Å²) < 4.78 is 6.53. The van der Waals surface area contributed by atoms with Gasteiger partial charge in [0, 0.05) is 11.3 Å². The molecule has 0 radical (unpaired) electrons. The van der Waals surface area contributed by atoms with Gasteiger partial charge in [-0.25, -0.2) is 0 Å². The number of aliphatic hydroxyl groups is 3. The SMILES string of the molecule is C=C[C@H](C#CC#C[C@@H](O)/C=C\CCCCCCC)O[C@]1(C)CC[C@@H](O)[C@]2(C)CC[C@H](C(C)C)[C@H](O)[C@H]21. The van der Waals surface area contributed by atoms with Crippen LogP contribution in [-0.2, 0) is 4.74 Å². The number of allylic oxidation sites excluding steroid dienone is 1. The Morgan fingerprint density at radius 1 is 1.03 bits per heavy atom. The van der Waals surface area contributed by atoms with Gasteiger partial charge in [-0.3, -0.25) is 0 Å². The van der Waals surface area contributed by atoms with Crippen LogP contribution in [0.5, 0.6) is 0 Å². The number of ether oxygens (including phenoxy) is 1. The number of rotatable bonds is 11. The first-order chi connectivity index (χ1) is 17.1. The average Bonchev–Trinajstić information content (AvgIpc) is 2.83. The molecule has 2 fully saturated rings. The Labute approximate surface area is 220 Å². The van der Waals surface area contributed by atoms with Gasteiger partial charge >= 0.3 is 0 Å². The van der Waals surface area contributed by atoms with E-state index in [0.717, 1.165) is 25.7 Å². The molecule has 4 nitrogen and oxygen atoms in total. The van der Waals surface area contributed by atoms with Crippen LogP contribution in [0.4, 0.5) is 0 Å². The first-order valence-corrected chi connectivity index (χ1v) is 14.1.